The number of hydrogen-bond donors (Lipinski definition) is 2. The molecule has 0 aliphatic heterocycles. The first-order chi connectivity index (χ1) is 18.4. The molecule has 0 bridgehead atoms. The zero-order valence-corrected chi connectivity index (χ0v) is 22.6. The molecule has 0 saturated heterocycles. The number of ether oxygens (including phenoxy) is 1. The van der Waals surface area contributed by atoms with E-state index in [0.29, 0.717) is 23.5 Å². The van der Waals surface area contributed by atoms with Gasteiger partial charge in [0.05, 0.1) is 18.6 Å². The second-order valence-electron chi connectivity index (χ2n) is 9.76. The molecule has 0 aromatic heterocycles. The highest BCUT2D eigenvalue weighted by molar-refractivity contribution is 5.94. The lowest BCUT2D eigenvalue weighted by Gasteiger charge is -2.32. The molecule has 0 aliphatic carbocycles. The second-order valence-corrected chi connectivity index (χ2v) is 9.76. The van der Waals surface area contributed by atoms with E-state index in [4.69, 9.17) is 9.84 Å². The van der Waals surface area contributed by atoms with Crippen LogP contribution in [0.4, 0.5) is 13.2 Å². The fourth-order valence-corrected chi connectivity index (χ4v) is 4.82. The molecule has 1 amide bonds. The Balaban J connectivity index is 1.76. The number of halogens is 3. The van der Waals surface area contributed by atoms with E-state index in [1.165, 1.54) is 12.1 Å². The van der Waals surface area contributed by atoms with Crippen LogP contribution in [0.2, 0.25) is 0 Å². The zero-order valence-electron chi connectivity index (χ0n) is 22.6. The molecular weight excluding hydrogens is 507 g/mol. The molecule has 5 nitrogen and oxygen atoms in total. The van der Waals surface area contributed by atoms with Crippen LogP contribution in [-0.2, 0) is 16.4 Å². The highest BCUT2D eigenvalue weighted by Crippen LogP contribution is 2.36. The molecule has 0 heterocycles. The van der Waals surface area contributed by atoms with Crippen molar-refractivity contribution >= 4 is 11.9 Å². The predicted octanol–water partition coefficient (Wildman–Crippen LogP) is 7.33. The highest BCUT2D eigenvalue weighted by atomic mass is 19.4. The van der Waals surface area contributed by atoms with Crippen LogP contribution in [0.5, 0.6) is 5.75 Å². The molecular formula is C31H34F3NO4. The van der Waals surface area contributed by atoms with Crippen molar-refractivity contribution in [3.05, 3.63) is 88.5 Å². The average Bonchev–Trinajstić information content (AvgIpc) is 2.89. The minimum Gasteiger partial charge on any atom is -0.493 e. The van der Waals surface area contributed by atoms with Crippen molar-refractivity contribution in [1.82, 2.24) is 5.32 Å². The summed E-state index contributed by atoms with van der Waals surface area (Å²) in [6.07, 6.45) is -2.91. The zero-order chi connectivity index (χ0) is 28.8. The Morgan fingerprint density at radius 3 is 1.90 bits per heavy atom. The molecule has 0 spiro atoms. The van der Waals surface area contributed by atoms with Crippen molar-refractivity contribution < 1.29 is 32.6 Å². The van der Waals surface area contributed by atoms with Gasteiger partial charge in [-0.25, -0.2) is 0 Å². The number of hydrogen-bond acceptors (Lipinski definition) is 3. The number of carbonyl (C=O) groups excluding carboxylic acids is 1. The summed E-state index contributed by atoms with van der Waals surface area (Å²) in [6.45, 7) is 8.48. The summed E-state index contributed by atoms with van der Waals surface area (Å²) in [5, 5.41) is 11.3. The first kappa shape index (κ1) is 29.7. The first-order valence-corrected chi connectivity index (χ1v) is 12.9. The van der Waals surface area contributed by atoms with Gasteiger partial charge in [-0.15, -0.1) is 0 Å². The van der Waals surface area contributed by atoms with Gasteiger partial charge in [-0.05, 0) is 90.9 Å². The Morgan fingerprint density at radius 2 is 1.41 bits per heavy atom. The lowest BCUT2D eigenvalue weighted by atomic mass is 9.76. The van der Waals surface area contributed by atoms with Gasteiger partial charge in [-0.1, -0.05) is 38.1 Å². The Morgan fingerprint density at radius 1 is 0.872 bits per heavy atom. The van der Waals surface area contributed by atoms with Crippen LogP contribution < -0.4 is 10.1 Å². The second kappa shape index (κ2) is 12.4. The number of carbonyl (C=O) groups is 2. The molecule has 0 atom stereocenters. The Labute approximate surface area is 227 Å². The van der Waals surface area contributed by atoms with Crippen LogP contribution in [0.15, 0.2) is 60.7 Å². The van der Waals surface area contributed by atoms with Crippen LogP contribution in [-0.4, -0.2) is 30.1 Å². The van der Waals surface area contributed by atoms with E-state index in [-0.39, 0.29) is 24.3 Å². The van der Waals surface area contributed by atoms with Gasteiger partial charge >= 0.3 is 12.1 Å². The van der Waals surface area contributed by atoms with Crippen molar-refractivity contribution in [2.75, 3.05) is 13.2 Å². The normalized spacial score (nSPS) is 11.8. The maximum Gasteiger partial charge on any atom is 0.416 e. The largest absolute Gasteiger partial charge is 0.493 e. The summed E-state index contributed by atoms with van der Waals surface area (Å²) < 4.78 is 45.2. The fourth-order valence-electron chi connectivity index (χ4n) is 4.82. The number of alkyl halides is 3. The molecule has 3 rings (SSSR count). The minimum atomic E-state index is -4.37. The van der Waals surface area contributed by atoms with Gasteiger partial charge in [0.15, 0.2) is 0 Å². The third-order valence-electron chi connectivity index (χ3n) is 7.26. The molecule has 208 valence electrons. The van der Waals surface area contributed by atoms with Crippen LogP contribution in [0.3, 0.4) is 0 Å². The molecule has 0 fully saturated rings. The molecule has 3 aromatic rings. The Bertz CT molecular complexity index is 1270. The molecule has 0 aliphatic rings. The van der Waals surface area contributed by atoms with Gasteiger partial charge in [0.25, 0.3) is 5.91 Å². The van der Waals surface area contributed by atoms with E-state index in [2.05, 4.69) is 19.2 Å². The van der Waals surface area contributed by atoms with E-state index in [0.717, 1.165) is 47.2 Å². The van der Waals surface area contributed by atoms with Crippen molar-refractivity contribution in [3.8, 4) is 16.9 Å². The predicted molar refractivity (Wildman–Crippen MR) is 145 cm³/mol. The standard InChI is InChI=1S/C31H34F3NO4/c1-5-30(6-2,24-11-9-23(10-12-24)29(38)35-16-15-27(36)37)19-39-26-17-20(3)28(21(4)18-26)22-7-13-25(14-8-22)31(32,33)34/h7-14,17-18H,5-6,15-16,19H2,1-4H3,(H,35,38)(H,36,37). The number of benzene rings is 3. The fraction of sp³-hybridized carbons (Fsp3) is 0.355. The third-order valence-corrected chi connectivity index (χ3v) is 7.26. The number of aliphatic carboxylic acids is 1. The number of amides is 1. The van der Waals surface area contributed by atoms with Gasteiger partial charge in [-0.2, -0.15) is 13.2 Å². The van der Waals surface area contributed by atoms with Gasteiger partial charge < -0.3 is 15.2 Å². The van der Waals surface area contributed by atoms with Crippen LogP contribution in [0.25, 0.3) is 11.1 Å². The number of rotatable bonds is 11. The number of carboxylic acids is 1. The van der Waals surface area contributed by atoms with Crippen LogP contribution >= 0.6 is 0 Å². The molecule has 8 heteroatoms. The summed E-state index contributed by atoms with van der Waals surface area (Å²) in [5.41, 5.74) is 3.91. The van der Waals surface area contributed by atoms with E-state index < -0.39 is 17.7 Å². The maximum atomic E-state index is 13.0. The lowest BCUT2D eigenvalue weighted by Crippen LogP contribution is -2.32. The molecule has 39 heavy (non-hydrogen) atoms. The van der Waals surface area contributed by atoms with Crippen molar-refractivity contribution in [3.63, 3.8) is 0 Å². The SMILES string of the molecule is CCC(CC)(COc1cc(C)c(-c2ccc(C(F)(F)F)cc2)c(C)c1)c1ccc(C(=O)NCCC(=O)O)cc1. The van der Waals surface area contributed by atoms with Gasteiger partial charge in [0, 0.05) is 17.5 Å². The highest BCUT2D eigenvalue weighted by Gasteiger charge is 2.31. The number of aryl methyl sites for hydroxylation is 2. The van der Waals surface area contributed by atoms with E-state index >= 15 is 0 Å². The molecule has 0 saturated carbocycles. The summed E-state index contributed by atoms with van der Waals surface area (Å²) in [7, 11) is 0. The smallest absolute Gasteiger partial charge is 0.416 e. The first-order valence-electron chi connectivity index (χ1n) is 12.9. The number of carboxylic acid groups (broad SMARTS) is 1. The van der Waals surface area contributed by atoms with Crippen molar-refractivity contribution in [2.24, 2.45) is 0 Å². The Hall–Kier alpha value is -3.81. The molecule has 0 unspecified atom stereocenters. The maximum absolute atomic E-state index is 13.0. The molecule has 3 aromatic carbocycles. The average molecular weight is 542 g/mol. The van der Waals surface area contributed by atoms with Gasteiger partial charge in [-0.3, -0.25) is 9.59 Å². The molecule has 0 radical (unpaired) electrons. The van der Waals surface area contributed by atoms with Gasteiger partial charge in [0.1, 0.15) is 5.75 Å². The van der Waals surface area contributed by atoms with E-state index in [9.17, 15) is 22.8 Å². The third kappa shape index (κ3) is 7.19. The van der Waals surface area contributed by atoms with Crippen molar-refractivity contribution in [2.45, 2.75) is 58.5 Å². The topological polar surface area (TPSA) is 75.6 Å². The monoisotopic (exact) mass is 541 g/mol. The minimum absolute atomic E-state index is 0.0636. The van der Waals surface area contributed by atoms with Crippen molar-refractivity contribution in [1.29, 1.82) is 0 Å². The Kier molecular flexibility index (Phi) is 9.43. The van der Waals surface area contributed by atoms with E-state index in [1.807, 2.05) is 38.1 Å². The summed E-state index contributed by atoms with van der Waals surface area (Å²) in [4.78, 5) is 23.0. The van der Waals surface area contributed by atoms with Crippen LogP contribution in [0.1, 0.15) is 65.7 Å². The number of nitrogens with one attached hydrogen (secondary N) is 1. The van der Waals surface area contributed by atoms with E-state index in [1.54, 1.807) is 12.1 Å². The van der Waals surface area contributed by atoms with Crippen LogP contribution in [0, 0.1) is 13.8 Å². The lowest BCUT2D eigenvalue weighted by molar-refractivity contribution is -0.138. The summed E-state index contributed by atoms with van der Waals surface area (Å²) in [5.74, 6) is -0.612. The van der Waals surface area contributed by atoms with Gasteiger partial charge in [0.2, 0.25) is 0 Å². The summed E-state index contributed by atoms with van der Waals surface area (Å²) in [6, 6.07) is 16.3. The summed E-state index contributed by atoms with van der Waals surface area (Å²) >= 11 is 0. The molecule has 2 N–H and O–H groups in total. The quantitative estimate of drug-likeness (QED) is 0.267.